The Labute approximate surface area is 167 Å². The Morgan fingerprint density at radius 2 is 1.76 bits per heavy atom. The Morgan fingerprint density at radius 3 is 2.48 bits per heavy atom. The van der Waals surface area contributed by atoms with Gasteiger partial charge >= 0.3 is 11.9 Å². The predicted octanol–water partition coefficient (Wildman–Crippen LogP) is 3.64. The molecular formula is C22H19NO6. The van der Waals surface area contributed by atoms with E-state index in [1.54, 1.807) is 43.5 Å². The predicted molar refractivity (Wildman–Crippen MR) is 108 cm³/mol. The van der Waals surface area contributed by atoms with Crippen LogP contribution in [0.3, 0.4) is 0 Å². The number of benzene rings is 2. The highest BCUT2D eigenvalue weighted by Gasteiger charge is 2.21. The van der Waals surface area contributed by atoms with Crippen molar-refractivity contribution >= 4 is 30.0 Å². The molecule has 0 bridgehead atoms. The Balaban J connectivity index is 1.83. The quantitative estimate of drug-likeness (QED) is 0.423. The molecule has 7 heteroatoms. The van der Waals surface area contributed by atoms with Crippen LogP contribution in [0.25, 0.3) is 12.2 Å². The van der Waals surface area contributed by atoms with Crippen LogP contribution in [0, 0.1) is 0 Å². The third kappa shape index (κ3) is 4.90. The van der Waals surface area contributed by atoms with Crippen molar-refractivity contribution in [2.75, 3.05) is 14.2 Å². The van der Waals surface area contributed by atoms with E-state index < -0.39 is 11.9 Å². The summed E-state index contributed by atoms with van der Waals surface area (Å²) >= 11 is 0. The van der Waals surface area contributed by atoms with Gasteiger partial charge in [-0.15, -0.1) is 0 Å². The normalized spacial score (nSPS) is 14.7. The molecule has 29 heavy (non-hydrogen) atoms. The number of hydrogen-bond donors (Lipinski definition) is 0. The zero-order valence-corrected chi connectivity index (χ0v) is 16.2. The Kier molecular flexibility index (Phi) is 6.09. The summed E-state index contributed by atoms with van der Waals surface area (Å²) in [5, 5.41) is 0. The summed E-state index contributed by atoms with van der Waals surface area (Å²) in [6.45, 7) is 1.30. The third-order valence-corrected chi connectivity index (χ3v) is 3.93. The summed E-state index contributed by atoms with van der Waals surface area (Å²) in [7, 11) is 3.05. The van der Waals surface area contributed by atoms with Crippen molar-refractivity contribution in [2.24, 2.45) is 4.99 Å². The van der Waals surface area contributed by atoms with Crippen molar-refractivity contribution in [1.29, 1.82) is 0 Å². The van der Waals surface area contributed by atoms with Gasteiger partial charge in [-0.1, -0.05) is 24.3 Å². The zero-order chi connectivity index (χ0) is 20.8. The number of esters is 2. The topological polar surface area (TPSA) is 83.4 Å². The number of carbonyl (C=O) groups is 2. The van der Waals surface area contributed by atoms with Crippen LogP contribution in [0.15, 0.2) is 59.2 Å². The molecule has 2 aromatic rings. The van der Waals surface area contributed by atoms with E-state index in [0.29, 0.717) is 22.8 Å². The van der Waals surface area contributed by atoms with Crippen LogP contribution in [0.5, 0.6) is 17.2 Å². The standard InChI is InChI=1S/C22H19NO6/c1-14(24)28-19-10-8-15(13-20(19)27-3)12-17-22(25)29-21(23-17)11-9-16-6-4-5-7-18(16)26-2/h4-13H,1-3H3/b11-9+,17-12-. The zero-order valence-electron chi connectivity index (χ0n) is 16.2. The van der Waals surface area contributed by atoms with Crippen molar-refractivity contribution in [3.63, 3.8) is 0 Å². The van der Waals surface area contributed by atoms with Gasteiger partial charge in [-0.05, 0) is 35.9 Å². The summed E-state index contributed by atoms with van der Waals surface area (Å²) in [6.07, 6.45) is 4.91. The molecule has 3 rings (SSSR count). The number of carbonyl (C=O) groups excluding carboxylic acids is 2. The number of para-hydroxylation sites is 1. The lowest BCUT2D eigenvalue weighted by Crippen LogP contribution is -2.03. The number of methoxy groups -OCH3 is 2. The van der Waals surface area contributed by atoms with Gasteiger partial charge in [0.2, 0.25) is 5.90 Å². The van der Waals surface area contributed by atoms with Gasteiger partial charge in [-0.2, -0.15) is 0 Å². The summed E-state index contributed by atoms with van der Waals surface area (Å²) < 4.78 is 20.8. The van der Waals surface area contributed by atoms with Gasteiger partial charge < -0.3 is 18.9 Å². The van der Waals surface area contributed by atoms with E-state index >= 15 is 0 Å². The number of cyclic esters (lactones) is 1. The molecule has 0 unspecified atom stereocenters. The van der Waals surface area contributed by atoms with E-state index in [-0.39, 0.29) is 11.6 Å². The van der Waals surface area contributed by atoms with Crippen LogP contribution in [-0.2, 0) is 14.3 Å². The van der Waals surface area contributed by atoms with Crippen molar-refractivity contribution in [2.45, 2.75) is 6.92 Å². The maximum absolute atomic E-state index is 12.1. The van der Waals surface area contributed by atoms with E-state index in [9.17, 15) is 9.59 Å². The van der Waals surface area contributed by atoms with E-state index in [4.69, 9.17) is 18.9 Å². The van der Waals surface area contributed by atoms with Crippen LogP contribution < -0.4 is 14.2 Å². The first-order chi connectivity index (χ1) is 14.0. The average Bonchev–Trinajstić information content (AvgIpc) is 3.06. The van der Waals surface area contributed by atoms with Gasteiger partial charge in [0, 0.05) is 18.6 Å². The fourth-order valence-electron chi connectivity index (χ4n) is 2.63. The second kappa shape index (κ2) is 8.88. The number of ether oxygens (including phenoxy) is 4. The van der Waals surface area contributed by atoms with Gasteiger partial charge in [0.05, 0.1) is 14.2 Å². The summed E-state index contributed by atoms with van der Waals surface area (Å²) in [6, 6.07) is 12.4. The highest BCUT2D eigenvalue weighted by atomic mass is 16.6. The van der Waals surface area contributed by atoms with E-state index in [0.717, 1.165) is 5.56 Å². The fraction of sp³-hybridized carbons (Fsp3) is 0.136. The Hall–Kier alpha value is -3.87. The Bertz CT molecular complexity index is 1040. The number of nitrogens with zero attached hydrogens (tertiary/aromatic N) is 1. The molecule has 0 saturated heterocycles. The Morgan fingerprint density at radius 1 is 1.00 bits per heavy atom. The molecule has 0 saturated carbocycles. The molecule has 1 heterocycles. The molecule has 0 fully saturated rings. The molecule has 0 amide bonds. The van der Waals surface area contributed by atoms with Crippen LogP contribution in [0.2, 0.25) is 0 Å². The maximum Gasteiger partial charge on any atom is 0.363 e. The van der Waals surface area contributed by atoms with Crippen molar-refractivity contribution in [3.05, 3.63) is 65.4 Å². The van der Waals surface area contributed by atoms with Crippen LogP contribution in [0.4, 0.5) is 0 Å². The summed E-state index contributed by atoms with van der Waals surface area (Å²) in [5.41, 5.74) is 1.62. The number of hydrogen-bond acceptors (Lipinski definition) is 7. The molecule has 0 spiro atoms. The first kappa shape index (κ1) is 19.9. The molecule has 0 aromatic heterocycles. The molecule has 0 atom stereocenters. The van der Waals surface area contributed by atoms with Gasteiger partial charge in [0.15, 0.2) is 17.2 Å². The van der Waals surface area contributed by atoms with Gasteiger partial charge in [0.1, 0.15) is 5.75 Å². The minimum Gasteiger partial charge on any atom is -0.496 e. The molecule has 1 aliphatic heterocycles. The van der Waals surface area contributed by atoms with Gasteiger partial charge in [-0.3, -0.25) is 4.79 Å². The molecular weight excluding hydrogens is 374 g/mol. The monoisotopic (exact) mass is 393 g/mol. The lowest BCUT2D eigenvalue weighted by molar-refractivity contribution is -0.132. The van der Waals surface area contributed by atoms with Crippen molar-refractivity contribution < 1.29 is 28.5 Å². The smallest absolute Gasteiger partial charge is 0.363 e. The maximum atomic E-state index is 12.1. The first-order valence-electron chi connectivity index (χ1n) is 8.70. The van der Waals surface area contributed by atoms with E-state index in [1.807, 2.05) is 24.3 Å². The van der Waals surface area contributed by atoms with Gasteiger partial charge in [0.25, 0.3) is 0 Å². The molecule has 0 aliphatic carbocycles. The molecule has 7 nitrogen and oxygen atoms in total. The lowest BCUT2D eigenvalue weighted by Gasteiger charge is -2.08. The second-order valence-corrected chi connectivity index (χ2v) is 5.95. The second-order valence-electron chi connectivity index (χ2n) is 5.95. The molecule has 148 valence electrons. The van der Waals surface area contributed by atoms with Crippen LogP contribution in [-0.4, -0.2) is 32.1 Å². The minimum atomic E-state index is -0.562. The summed E-state index contributed by atoms with van der Waals surface area (Å²) in [4.78, 5) is 27.5. The summed E-state index contributed by atoms with van der Waals surface area (Å²) in [5.74, 6) is 0.513. The van der Waals surface area contributed by atoms with E-state index in [2.05, 4.69) is 4.99 Å². The lowest BCUT2D eigenvalue weighted by atomic mass is 10.1. The van der Waals surface area contributed by atoms with E-state index in [1.165, 1.54) is 14.0 Å². The number of rotatable bonds is 6. The van der Waals surface area contributed by atoms with Crippen molar-refractivity contribution in [3.8, 4) is 17.2 Å². The van der Waals surface area contributed by atoms with Crippen LogP contribution >= 0.6 is 0 Å². The van der Waals surface area contributed by atoms with Crippen molar-refractivity contribution in [1.82, 2.24) is 0 Å². The molecule has 1 aliphatic rings. The largest absolute Gasteiger partial charge is 0.496 e. The van der Waals surface area contributed by atoms with Gasteiger partial charge in [-0.25, -0.2) is 9.79 Å². The molecule has 2 aromatic carbocycles. The number of aliphatic imine (C=N–C) groups is 1. The SMILES string of the molecule is COc1ccccc1/C=C/C1=NC(=C\c2ccc(OC(C)=O)c(OC)c2)/C(=O)O1. The first-order valence-corrected chi connectivity index (χ1v) is 8.70. The average molecular weight is 393 g/mol. The highest BCUT2D eigenvalue weighted by molar-refractivity contribution is 6.11. The fourth-order valence-corrected chi connectivity index (χ4v) is 2.63. The van der Waals surface area contributed by atoms with Crippen LogP contribution in [0.1, 0.15) is 18.1 Å². The molecule has 0 radical (unpaired) electrons. The minimum absolute atomic E-state index is 0.145. The third-order valence-electron chi connectivity index (χ3n) is 3.93. The molecule has 0 N–H and O–H groups in total. The highest BCUT2D eigenvalue weighted by Crippen LogP contribution is 2.29.